The molecule has 108 valence electrons. The van der Waals surface area contributed by atoms with E-state index in [2.05, 4.69) is 15.3 Å². The number of benzene rings is 1. The molecular weight excluding hydrogens is 269 g/mol. The molecule has 0 amide bonds. The van der Waals surface area contributed by atoms with Crippen LogP contribution in [-0.4, -0.2) is 20.0 Å². The summed E-state index contributed by atoms with van der Waals surface area (Å²) in [7, 11) is 0. The number of nitrogen functional groups attached to an aromatic ring is 1. The number of halogens is 1. The van der Waals surface area contributed by atoms with Crippen molar-refractivity contribution in [1.29, 1.82) is 0 Å². The smallest absolute Gasteiger partial charge is 0.186 e. The average Bonchev–Trinajstić information content (AvgIpc) is 3.18. The number of fused-ring (bicyclic) bond motifs is 1. The molecule has 1 aliphatic carbocycles. The molecule has 3 aromatic rings. The summed E-state index contributed by atoms with van der Waals surface area (Å²) in [6.45, 7) is 0. The van der Waals surface area contributed by atoms with E-state index in [9.17, 15) is 4.39 Å². The Kier molecular flexibility index (Phi) is 2.70. The van der Waals surface area contributed by atoms with Gasteiger partial charge in [0, 0.05) is 5.92 Å². The maximum Gasteiger partial charge on any atom is 0.186 e. The van der Waals surface area contributed by atoms with Crippen molar-refractivity contribution >= 4 is 16.9 Å². The monoisotopic (exact) mass is 285 g/mol. The van der Waals surface area contributed by atoms with Gasteiger partial charge < -0.3 is 5.73 Å². The first-order chi connectivity index (χ1) is 10.3. The number of hydrogen-bond donors (Lipinski definition) is 2. The largest absolute Gasteiger partial charge is 0.383 e. The van der Waals surface area contributed by atoms with Crippen LogP contribution in [0.4, 0.5) is 10.2 Å². The topological polar surface area (TPSA) is 72.5 Å². The van der Waals surface area contributed by atoms with E-state index in [-0.39, 0.29) is 5.82 Å². The van der Waals surface area contributed by atoms with E-state index in [1.165, 1.54) is 18.9 Å². The van der Waals surface area contributed by atoms with Gasteiger partial charge in [-0.25, -0.2) is 9.07 Å². The summed E-state index contributed by atoms with van der Waals surface area (Å²) in [5.41, 5.74) is 7.95. The first kappa shape index (κ1) is 12.4. The minimum absolute atomic E-state index is 0.318. The molecule has 1 aromatic carbocycles. The van der Waals surface area contributed by atoms with E-state index >= 15 is 0 Å². The Morgan fingerprint density at radius 3 is 2.76 bits per heavy atom. The van der Waals surface area contributed by atoms with Gasteiger partial charge in [0.1, 0.15) is 17.3 Å². The first-order valence-corrected chi connectivity index (χ1v) is 7.23. The average molecular weight is 285 g/mol. The second-order valence-corrected chi connectivity index (χ2v) is 5.57. The van der Waals surface area contributed by atoms with Crippen molar-refractivity contribution in [2.24, 2.45) is 0 Å². The molecule has 3 N–H and O–H groups in total. The van der Waals surface area contributed by atoms with Gasteiger partial charge in [-0.2, -0.15) is 10.2 Å². The number of anilines is 1. The third kappa shape index (κ3) is 1.82. The molecule has 0 radical (unpaired) electrons. The third-order valence-electron chi connectivity index (χ3n) is 4.26. The van der Waals surface area contributed by atoms with Crippen molar-refractivity contribution in [3.05, 3.63) is 35.8 Å². The third-order valence-corrected chi connectivity index (χ3v) is 4.26. The van der Waals surface area contributed by atoms with Crippen molar-refractivity contribution < 1.29 is 4.39 Å². The maximum absolute atomic E-state index is 14.1. The molecule has 0 bridgehead atoms. The highest BCUT2D eigenvalue weighted by atomic mass is 19.1. The molecule has 2 heterocycles. The summed E-state index contributed by atoms with van der Waals surface area (Å²) in [5.74, 6) is 0.580. The number of nitrogens with zero attached hydrogens (tertiary/aromatic N) is 3. The zero-order chi connectivity index (χ0) is 14.4. The number of aromatic amines is 1. The lowest BCUT2D eigenvalue weighted by Gasteiger charge is -2.06. The van der Waals surface area contributed by atoms with Gasteiger partial charge in [-0.3, -0.25) is 5.10 Å². The molecule has 4 rings (SSSR count). The Balaban J connectivity index is 1.96. The highest BCUT2D eigenvalue weighted by Crippen LogP contribution is 2.39. The predicted octanol–water partition coefficient (Wildman–Crippen LogP) is 3.13. The Labute approximate surface area is 120 Å². The van der Waals surface area contributed by atoms with Gasteiger partial charge in [-0.15, -0.1) is 0 Å². The zero-order valence-corrected chi connectivity index (χ0v) is 11.5. The summed E-state index contributed by atoms with van der Waals surface area (Å²) in [4.78, 5) is 0. The van der Waals surface area contributed by atoms with Gasteiger partial charge in [-0.05, 0) is 25.0 Å². The fourth-order valence-corrected chi connectivity index (χ4v) is 3.23. The van der Waals surface area contributed by atoms with Gasteiger partial charge in [0.05, 0.1) is 11.1 Å². The lowest BCUT2D eigenvalue weighted by molar-refractivity contribution is 0.607. The molecule has 6 heteroatoms. The normalized spacial score (nSPS) is 16.0. The minimum Gasteiger partial charge on any atom is -0.383 e. The van der Waals surface area contributed by atoms with E-state index in [4.69, 9.17) is 5.73 Å². The fraction of sp³-hybridized carbons (Fsp3) is 0.333. The molecule has 0 saturated heterocycles. The molecule has 21 heavy (non-hydrogen) atoms. The van der Waals surface area contributed by atoms with E-state index < -0.39 is 0 Å². The molecule has 0 aliphatic heterocycles. The molecule has 1 fully saturated rings. The van der Waals surface area contributed by atoms with Crippen LogP contribution in [-0.2, 0) is 0 Å². The van der Waals surface area contributed by atoms with Crippen LogP contribution in [0.2, 0.25) is 0 Å². The van der Waals surface area contributed by atoms with E-state index in [0.717, 1.165) is 23.9 Å². The molecule has 1 saturated carbocycles. The van der Waals surface area contributed by atoms with Crippen LogP contribution in [0.25, 0.3) is 16.7 Å². The molecule has 1 aliphatic rings. The van der Waals surface area contributed by atoms with Gasteiger partial charge in [0.15, 0.2) is 5.65 Å². The van der Waals surface area contributed by atoms with Crippen molar-refractivity contribution in [2.75, 3.05) is 5.73 Å². The second kappa shape index (κ2) is 4.58. The molecular formula is C15H16FN5. The summed E-state index contributed by atoms with van der Waals surface area (Å²) < 4.78 is 15.6. The molecule has 0 atom stereocenters. The Morgan fingerprint density at radius 2 is 2.00 bits per heavy atom. The van der Waals surface area contributed by atoms with E-state index in [0.29, 0.717) is 23.1 Å². The number of aromatic nitrogens is 4. The lowest BCUT2D eigenvalue weighted by Crippen LogP contribution is -2.03. The standard InChI is InChI=1S/C15H16FN5/c16-10-7-3-4-8-11(10)21-15-12(14(17)18-19-15)13(20-21)9-5-1-2-6-9/h3-4,7-9H,1-2,5-6H2,(H3,17,18,19). The summed E-state index contributed by atoms with van der Waals surface area (Å²) >= 11 is 0. The lowest BCUT2D eigenvalue weighted by atomic mass is 10.0. The number of nitrogens with one attached hydrogen (secondary N) is 1. The van der Waals surface area contributed by atoms with Crippen molar-refractivity contribution in [3.8, 4) is 5.69 Å². The Hall–Kier alpha value is -2.37. The van der Waals surface area contributed by atoms with Crippen LogP contribution in [0.1, 0.15) is 37.3 Å². The summed E-state index contributed by atoms with van der Waals surface area (Å²) in [6.07, 6.45) is 4.62. The highest BCUT2D eigenvalue weighted by molar-refractivity contribution is 5.90. The fourth-order valence-electron chi connectivity index (χ4n) is 3.23. The van der Waals surface area contributed by atoms with Gasteiger partial charge in [0.2, 0.25) is 0 Å². The number of nitrogens with two attached hydrogens (primary N) is 1. The van der Waals surface area contributed by atoms with Crippen molar-refractivity contribution in [2.45, 2.75) is 31.6 Å². The van der Waals surface area contributed by atoms with Crippen LogP contribution >= 0.6 is 0 Å². The van der Waals surface area contributed by atoms with Gasteiger partial charge >= 0.3 is 0 Å². The quantitative estimate of drug-likeness (QED) is 0.759. The highest BCUT2D eigenvalue weighted by Gasteiger charge is 2.27. The summed E-state index contributed by atoms with van der Waals surface area (Å²) in [5, 5.41) is 12.5. The predicted molar refractivity (Wildman–Crippen MR) is 78.8 cm³/mol. The molecule has 5 nitrogen and oxygen atoms in total. The van der Waals surface area contributed by atoms with Crippen LogP contribution in [0.3, 0.4) is 0 Å². The first-order valence-electron chi connectivity index (χ1n) is 7.23. The Bertz CT molecular complexity index is 798. The maximum atomic E-state index is 14.1. The minimum atomic E-state index is -0.318. The zero-order valence-electron chi connectivity index (χ0n) is 11.5. The van der Waals surface area contributed by atoms with Crippen LogP contribution in [0, 0.1) is 5.82 Å². The Morgan fingerprint density at radius 1 is 1.24 bits per heavy atom. The number of H-pyrrole nitrogens is 1. The van der Waals surface area contributed by atoms with E-state index in [1.807, 2.05) is 0 Å². The SMILES string of the molecule is Nc1[nH]nc2c1c(C1CCCC1)nn2-c1ccccc1F. The number of hydrogen-bond acceptors (Lipinski definition) is 3. The van der Waals surface area contributed by atoms with Crippen LogP contribution < -0.4 is 5.73 Å². The van der Waals surface area contributed by atoms with Crippen molar-refractivity contribution in [1.82, 2.24) is 20.0 Å². The van der Waals surface area contributed by atoms with Gasteiger partial charge in [-0.1, -0.05) is 25.0 Å². The van der Waals surface area contributed by atoms with Crippen LogP contribution in [0.15, 0.2) is 24.3 Å². The number of para-hydroxylation sites is 1. The van der Waals surface area contributed by atoms with Crippen LogP contribution in [0.5, 0.6) is 0 Å². The molecule has 0 unspecified atom stereocenters. The van der Waals surface area contributed by atoms with E-state index in [1.54, 1.807) is 22.9 Å². The number of rotatable bonds is 2. The summed E-state index contributed by atoms with van der Waals surface area (Å²) in [6, 6.07) is 6.58. The second-order valence-electron chi connectivity index (χ2n) is 5.57. The van der Waals surface area contributed by atoms with Crippen molar-refractivity contribution in [3.63, 3.8) is 0 Å². The molecule has 2 aromatic heterocycles. The molecule has 0 spiro atoms. The van der Waals surface area contributed by atoms with Gasteiger partial charge in [0.25, 0.3) is 0 Å².